The number of hydrogen-bond donors (Lipinski definition) is 1. The maximum atomic E-state index is 5.89. The number of furan rings is 2. The van der Waals surface area contributed by atoms with Gasteiger partial charge in [0.15, 0.2) is 0 Å². The Hall–Kier alpha value is -1.26. The van der Waals surface area contributed by atoms with Crippen LogP contribution in [0.4, 0.5) is 0 Å². The zero-order chi connectivity index (χ0) is 13.7. The van der Waals surface area contributed by atoms with E-state index in [-0.39, 0.29) is 5.92 Å². The summed E-state index contributed by atoms with van der Waals surface area (Å²) in [5, 5.41) is 2.14. The third-order valence-electron chi connectivity index (χ3n) is 3.53. The predicted octanol–water partition coefficient (Wildman–Crippen LogP) is 4.62. The van der Waals surface area contributed by atoms with Crippen molar-refractivity contribution in [1.82, 2.24) is 0 Å². The summed E-state index contributed by atoms with van der Waals surface area (Å²) in [4.78, 5) is 0. The molecule has 1 atom stereocenters. The van der Waals surface area contributed by atoms with Gasteiger partial charge in [-0.3, -0.25) is 0 Å². The van der Waals surface area contributed by atoms with Gasteiger partial charge in [0, 0.05) is 16.3 Å². The van der Waals surface area contributed by atoms with Crippen LogP contribution in [0.5, 0.6) is 0 Å². The SMILES string of the molecule is Cc1cc2c(C(C)CN)c3oc(C)cc3c(Br)c2o1. The van der Waals surface area contributed by atoms with E-state index in [0.717, 1.165) is 43.5 Å². The average Bonchev–Trinajstić information content (AvgIpc) is 2.92. The maximum Gasteiger partial charge on any atom is 0.149 e. The Morgan fingerprint density at radius 1 is 1.11 bits per heavy atom. The predicted molar refractivity (Wildman–Crippen MR) is 80.6 cm³/mol. The lowest BCUT2D eigenvalue weighted by molar-refractivity contribution is 0.568. The highest BCUT2D eigenvalue weighted by Crippen LogP contribution is 2.42. The molecule has 0 saturated carbocycles. The number of fused-ring (bicyclic) bond motifs is 2. The van der Waals surface area contributed by atoms with Crippen LogP contribution in [0.3, 0.4) is 0 Å². The number of rotatable bonds is 2. The summed E-state index contributed by atoms with van der Waals surface area (Å²) in [5.74, 6) is 2.01. The molecule has 1 aromatic carbocycles. The van der Waals surface area contributed by atoms with Crippen LogP contribution in [0.25, 0.3) is 21.9 Å². The lowest BCUT2D eigenvalue weighted by Crippen LogP contribution is -2.09. The molecular weight excluding hydrogens is 306 g/mol. The van der Waals surface area contributed by atoms with Crippen molar-refractivity contribution in [2.45, 2.75) is 26.7 Å². The summed E-state index contributed by atoms with van der Waals surface area (Å²) in [7, 11) is 0. The molecule has 0 amide bonds. The van der Waals surface area contributed by atoms with E-state index in [1.54, 1.807) is 0 Å². The van der Waals surface area contributed by atoms with E-state index >= 15 is 0 Å². The number of halogens is 1. The van der Waals surface area contributed by atoms with Crippen LogP contribution in [0.1, 0.15) is 29.9 Å². The summed E-state index contributed by atoms with van der Waals surface area (Å²) in [6, 6.07) is 4.09. The molecule has 0 aliphatic carbocycles. The van der Waals surface area contributed by atoms with Gasteiger partial charge in [0.2, 0.25) is 0 Å². The van der Waals surface area contributed by atoms with Gasteiger partial charge in [-0.05, 0) is 54.4 Å². The van der Waals surface area contributed by atoms with Crippen LogP contribution in [-0.4, -0.2) is 6.54 Å². The molecule has 3 rings (SSSR count). The van der Waals surface area contributed by atoms with Crippen LogP contribution < -0.4 is 5.73 Å². The minimum Gasteiger partial charge on any atom is -0.461 e. The van der Waals surface area contributed by atoms with E-state index in [2.05, 4.69) is 28.9 Å². The first-order valence-electron chi connectivity index (χ1n) is 6.34. The fraction of sp³-hybridized carbons (Fsp3) is 0.333. The molecular formula is C15H16BrNO2. The third kappa shape index (κ3) is 1.82. The number of aryl methyl sites for hydroxylation is 2. The van der Waals surface area contributed by atoms with Crippen LogP contribution in [-0.2, 0) is 0 Å². The fourth-order valence-electron chi connectivity index (χ4n) is 2.61. The van der Waals surface area contributed by atoms with Crippen molar-refractivity contribution in [3.63, 3.8) is 0 Å². The van der Waals surface area contributed by atoms with Crippen molar-refractivity contribution < 1.29 is 8.83 Å². The fourth-order valence-corrected chi connectivity index (χ4v) is 3.20. The minimum absolute atomic E-state index is 0.223. The van der Waals surface area contributed by atoms with Gasteiger partial charge >= 0.3 is 0 Å². The van der Waals surface area contributed by atoms with Crippen molar-refractivity contribution in [2.75, 3.05) is 6.54 Å². The molecule has 0 radical (unpaired) electrons. The van der Waals surface area contributed by atoms with Crippen LogP contribution in [0.15, 0.2) is 25.4 Å². The second kappa shape index (κ2) is 4.39. The first kappa shape index (κ1) is 12.8. The largest absolute Gasteiger partial charge is 0.461 e. The Balaban J connectivity index is 2.54. The van der Waals surface area contributed by atoms with Crippen molar-refractivity contribution in [1.29, 1.82) is 0 Å². The van der Waals surface area contributed by atoms with Gasteiger partial charge in [-0.15, -0.1) is 0 Å². The minimum atomic E-state index is 0.223. The molecule has 3 aromatic rings. The zero-order valence-electron chi connectivity index (χ0n) is 11.2. The van der Waals surface area contributed by atoms with E-state index in [9.17, 15) is 0 Å². The van der Waals surface area contributed by atoms with E-state index in [1.165, 1.54) is 0 Å². The van der Waals surface area contributed by atoms with Crippen LogP contribution in [0, 0.1) is 13.8 Å². The molecule has 2 N–H and O–H groups in total. The van der Waals surface area contributed by atoms with Gasteiger partial charge in [-0.1, -0.05) is 6.92 Å². The molecule has 0 fully saturated rings. The van der Waals surface area contributed by atoms with E-state index in [4.69, 9.17) is 14.6 Å². The Kier molecular flexibility index (Phi) is 2.95. The normalized spacial score (nSPS) is 13.5. The molecule has 2 heterocycles. The van der Waals surface area contributed by atoms with Gasteiger partial charge in [-0.2, -0.15) is 0 Å². The molecule has 2 aromatic heterocycles. The highest BCUT2D eigenvalue weighted by atomic mass is 79.9. The zero-order valence-corrected chi connectivity index (χ0v) is 12.8. The van der Waals surface area contributed by atoms with Crippen molar-refractivity contribution in [3.8, 4) is 0 Å². The van der Waals surface area contributed by atoms with Crippen molar-refractivity contribution >= 4 is 37.9 Å². The first-order chi connectivity index (χ1) is 9.02. The highest BCUT2D eigenvalue weighted by Gasteiger charge is 2.22. The summed E-state index contributed by atoms with van der Waals surface area (Å²) < 4.78 is 12.7. The smallest absolute Gasteiger partial charge is 0.149 e. The first-order valence-corrected chi connectivity index (χ1v) is 7.14. The Morgan fingerprint density at radius 3 is 2.32 bits per heavy atom. The summed E-state index contributed by atoms with van der Waals surface area (Å²) in [6.45, 7) is 6.60. The van der Waals surface area contributed by atoms with E-state index in [0.29, 0.717) is 6.54 Å². The highest BCUT2D eigenvalue weighted by molar-refractivity contribution is 9.10. The Bertz CT molecular complexity index is 712. The lowest BCUT2D eigenvalue weighted by Gasteiger charge is -2.11. The third-order valence-corrected chi connectivity index (χ3v) is 4.31. The number of nitrogens with two attached hydrogens (primary N) is 1. The molecule has 0 bridgehead atoms. The van der Waals surface area contributed by atoms with Crippen LogP contribution >= 0.6 is 15.9 Å². The van der Waals surface area contributed by atoms with Gasteiger partial charge < -0.3 is 14.6 Å². The summed E-state index contributed by atoms with van der Waals surface area (Å²) in [5.41, 5.74) is 8.78. The average molecular weight is 322 g/mol. The standard InChI is InChI=1S/C15H16BrNO2/c1-7(6-17)12-10-4-8(2)19-15(10)13(16)11-5-9(3)18-14(11)12/h4-5,7H,6,17H2,1-3H3. The van der Waals surface area contributed by atoms with Gasteiger partial charge in [-0.25, -0.2) is 0 Å². The molecule has 0 saturated heterocycles. The molecule has 100 valence electrons. The summed E-state index contributed by atoms with van der Waals surface area (Å²) >= 11 is 3.63. The van der Waals surface area contributed by atoms with E-state index < -0.39 is 0 Å². The molecule has 19 heavy (non-hydrogen) atoms. The number of benzene rings is 1. The molecule has 0 aliphatic rings. The molecule has 1 unspecified atom stereocenters. The maximum absolute atomic E-state index is 5.89. The lowest BCUT2D eigenvalue weighted by atomic mass is 9.95. The Labute approximate surface area is 119 Å². The molecule has 4 heteroatoms. The topological polar surface area (TPSA) is 52.3 Å². The quantitative estimate of drug-likeness (QED) is 0.749. The molecule has 0 spiro atoms. The molecule has 3 nitrogen and oxygen atoms in total. The Morgan fingerprint density at radius 2 is 1.68 bits per heavy atom. The second-order valence-electron chi connectivity index (χ2n) is 5.06. The van der Waals surface area contributed by atoms with E-state index in [1.807, 2.05) is 19.9 Å². The summed E-state index contributed by atoms with van der Waals surface area (Å²) in [6.07, 6.45) is 0. The second-order valence-corrected chi connectivity index (χ2v) is 5.86. The molecule has 0 aliphatic heterocycles. The van der Waals surface area contributed by atoms with Gasteiger partial charge in [0.1, 0.15) is 22.7 Å². The number of hydrogen-bond acceptors (Lipinski definition) is 3. The van der Waals surface area contributed by atoms with Crippen LogP contribution in [0.2, 0.25) is 0 Å². The van der Waals surface area contributed by atoms with Gasteiger partial charge in [0.25, 0.3) is 0 Å². The van der Waals surface area contributed by atoms with Gasteiger partial charge in [0.05, 0.1) is 4.47 Å². The van der Waals surface area contributed by atoms with Crippen molar-refractivity contribution in [2.24, 2.45) is 5.73 Å². The monoisotopic (exact) mass is 321 g/mol. The van der Waals surface area contributed by atoms with Crippen molar-refractivity contribution in [3.05, 3.63) is 33.7 Å².